The fourth-order valence-corrected chi connectivity index (χ4v) is 5.85. The maximum absolute atomic E-state index is 14.1. The molecule has 3 rings (SSSR count). The van der Waals surface area contributed by atoms with Crippen LogP contribution in [0.5, 0.6) is 0 Å². The second-order valence-corrected chi connectivity index (χ2v) is 12.3. The Morgan fingerprint density at radius 3 is 2.10 bits per heavy atom. The number of benzene rings is 3. The average molecular weight is 584 g/mol. The predicted molar refractivity (Wildman–Crippen MR) is 161 cm³/mol. The normalized spacial score (nSPS) is 12.8. The van der Waals surface area contributed by atoms with Gasteiger partial charge in [-0.25, -0.2) is 8.42 Å². The molecule has 3 aromatic carbocycles. The Hall–Kier alpha value is -3.36. The van der Waals surface area contributed by atoms with Crippen molar-refractivity contribution in [2.75, 3.05) is 10.8 Å². The molecule has 2 atom stereocenters. The van der Waals surface area contributed by atoms with E-state index < -0.39 is 28.5 Å². The molecular weight excluding hydrogens is 546 g/mol. The highest BCUT2D eigenvalue weighted by Crippen LogP contribution is 2.26. The summed E-state index contributed by atoms with van der Waals surface area (Å²) in [6.07, 6.45) is 1.11. The summed E-state index contributed by atoms with van der Waals surface area (Å²) in [4.78, 5) is 29.0. The Balaban J connectivity index is 2.06. The van der Waals surface area contributed by atoms with Crippen LogP contribution in [0.1, 0.15) is 50.3 Å². The number of anilines is 1. The number of carbonyl (C=O) groups excluding carboxylic acids is 2. The van der Waals surface area contributed by atoms with E-state index in [1.165, 1.54) is 17.0 Å². The van der Waals surface area contributed by atoms with Crippen molar-refractivity contribution in [1.29, 1.82) is 0 Å². The highest BCUT2D eigenvalue weighted by molar-refractivity contribution is 7.92. The molecule has 7 nitrogen and oxygen atoms in total. The maximum Gasteiger partial charge on any atom is 0.264 e. The van der Waals surface area contributed by atoms with Gasteiger partial charge < -0.3 is 10.2 Å². The van der Waals surface area contributed by atoms with E-state index in [4.69, 9.17) is 11.6 Å². The van der Waals surface area contributed by atoms with Gasteiger partial charge in [0, 0.05) is 17.6 Å². The molecule has 9 heteroatoms. The smallest absolute Gasteiger partial charge is 0.264 e. The Kier molecular flexibility index (Phi) is 10.8. The number of amides is 2. The Morgan fingerprint density at radius 2 is 1.52 bits per heavy atom. The number of halogens is 1. The number of hydrogen-bond donors (Lipinski definition) is 1. The van der Waals surface area contributed by atoms with Gasteiger partial charge in [0.2, 0.25) is 11.8 Å². The topological polar surface area (TPSA) is 86.8 Å². The second kappa shape index (κ2) is 13.8. The molecule has 2 amide bonds. The summed E-state index contributed by atoms with van der Waals surface area (Å²) >= 11 is 6.09. The van der Waals surface area contributed by atoms with E-state index in [1.807, 2.05) is 58.9 Å². The van der Waals surface area contributed by atoms with Gasteiger partial charge in [-0.3, -0.25) is 13.9 Å². The summed E-state index contributed by atoms with van der Waals surface area (Å²) in [5, 5.41) is 3.43. The van der Waals surface area contributed by atoms with E-state index in [-0.39, 0.29) is 23.4 Å². The van der Waals surface area contributed by atoms with Gasteiger partial charge in [-0.1, -0.05) is 67.4 Å². The second-order valence-electron chi connectivity index (χ2n) is 9.99. The van der Waals surface area contributed by atoms with Gasteiger partial charge in [0.1, 0.15) is 12.6 Å². The van der Waals surface area contributed by atoms with Crippen LogP contribution in [0.25, 0.3) is 0 Å². The van der Waals surface area contributed by atoms with E-state index >= 15 is 0 Å². The fourth-order valence-electron chi connectivity index (χ4n) is 4.31. The molecular formula is C31H38ClN3O4S. The van der Waals surface area contributed by atoms with Crippen LogP contribution in [-0.4, -0.2) is 43.8 Å². The Labute approximate surface area is 243 Å². The van der Waals surface area contributed by atoms with E-state index in [0.29, 0.717) is 17.1 Å². The molecule has 0 aromatic heterocycles. The predicted octanol–water partition coefficient (Wildman–Crippen LogP) is 5.87. The van der Waals surface area contributed by atoms with Gasteiger partial charge in [-0.2, -0.15) is 0 Å². The zero-order chi connectivity index (χ0) is 29.4. The summed E-state index contributed by atoms with van der Waals surface area (Å²) in [7, 11) is -4.13. The van der Waals surface area contributed by atoms with Gasteiger partial charge in [0.05, 0.1) is 10.6 Å². The zero-order valence-electron chi connectivity index (χ0n) is 23.7. The van der Waals surface area contributed by atoms with E-state index in [9.17, 15) is 18.0 Å². The summed E-state index contributed by atoms with van der Waals surface area (Å²) in [5.74, 6) is -0.752. The van der Waals surface area contributed by atoms with Gasteiger partial charge in [0.25, 0.3) is 10.0 Å². The number of sulfonamides is 1. The van der Waals surface area contributed by atoms with Crippen LogP contribution < -0.4 is 9.62 Å². The van der Waals surface area contributed by atoms with Crippen molar-refractivity contribution in [2.24, 2.45) is 0 Å². The van der Waals surface area contributed by atoms with Crippen LogP contribution in [0.3, 0.4) is 0 Å². The van der Waals surface area contributed by atoms with E-state index in [2.05, 4.69) is 5.32 Å². The van der Waals surface area contributed by atoms with Crippen molar-refractivity contribution in [3.8, 4) is 0 Å². The third-order valence-corrected chi connectivity index (χ3v) is 9.03. The molecule has 214 valence electrons. The lowest BCUT2D eigenvalue weighted by Crippen LogP contribution is -2.53. The highest BCUT2D eigenvalue weighted by Gasteiger charge is 2.34. The minimum absolute atomic E-state index is 0.0628. The van der Waals surface area contributed by atoms with Crippen LogP contribution in [0.15, 0.2) is 77.7 Å². The lowest BCUT2D eigenvalue weighted by molar-refractivity contribution is -0.140. The van der Waals surface area contributed by atoms with E-state index in [1.54, 1.807) is 36.4 Å². The molecule has 0 heterocycles. The molecule has 3 aromatic rings. The van der Waals surface area contributed by atoms with Crippen LogP contribution in [0.4, 0.5) is 5.69 Å². The first-order valence-corrected chi connectivity index (χ1v) is 15.3. The average Bonchev–Trinajstić information content (AvgIpc) is 2.93. The van der Waals surface area contributed by atoms with Crippen molar-refractivity contribution in [2.45, 2.75) is 71.0 Å². The highest BCUT2D eigenvalue weighted by atomic mass is 35.5. The van der Waals surface area contributed by atoms with Crippen LogP contribution in [0, 0.1) is 13.8 Å². The fraction of sp³-hybridized carbons (Fsp3) is 0.355. The SMILES string of the molecule is CC[C@@H](C)NC(=O)[C@H](CC)N(Cc1ccccc1C)C(=O)CN(c1ccc(Cl)cc1)S(=O)(=O)c1ccc(C)cc1. The van der Waals surface area contributed by atoms with Crippen molar-refractivity contribution in [3.63, 3.8) is 0 Å². The van der Waals surface area contributed by atoms with Gasteiger partial charge >= 0.3 is 0 Å². The third-order valence-electron chi connectivity index (χ3n) is 6.99. The molecule has 0 aliphatic carbocycles. The molecule has 0 fully saturated rings. The largest absolute Gasteiger partial charge is 0.352 e. The molecule has 0 bridgehead atoms. The first kappa shape index (κ1) is 31.2. The third kappa shape index (κ3) is 7.64. The molecule has 0 aliphatic heterocycles. The Morgan fingerprint density at radius 1 is 0.900 bits per heavy atom. The molecule has 0 spiro atoms. The van der Waals surface area contributed by atoms with Crippen LogP contribution in [-0.2, 0) is 26.2 Å². The number of nitrogens with one attached hydrogen (secondary N) is 1. The molecule has 0 saturated heterocycles. The molecule has 40 heavy (non-hydrogen) atoms. The number of rotatable bonds is 12. The van der Waals surface area contributed by atoms with Gasteiger partial charge in [-0.15, -0.1) is 0 Å². The monoisotopic (exact) mass is 583 g/mol. The first-order chi connectivity index (χ1) is 19.0. The summed E-state index contributed by atoms with van der Waals surface area (Å²) < 4.78 is 28.9. The first-order valence-electron chi connectivity index (χ1n) is 13.5. The number of nitrogens with zero attached hydrogens (tertiary/aromatic N) is 2. The standard InChI is InChI=1S/C31H38ClN3O4S/c1-6-24(5)33-31(37)29(7-2)34(20-25-11-9-8-10-23(25)4)30(36)21-35(27-16-14-26(32)15-17-27)40(38,39)28-18-12-22(3)13-19-28/h8-19,24,29H,6-7,20-21H2,1-5H3,(H,33,37)/t24-,29+/m1/s1. The summed E-state index contributed by atoms with van der Waals surface area (Å²) in [6, 6.07) is 19.6. The van der Waals surface area contributed by atoms with Crippen molar-refractivity contribution in [1.82, 2.24) is 10.2 Å². The van der Waals surface area contributed by atoms with Gasteiger partial charge in [0.15, 0.2) is 0 Å². The molecule has 0 aliphatic rings. The lowest BCUT2D eigenvalue weighted by atomic mass is 10.1. The Bertz CT molecular complexity index is 1410. The molecule has 0 radical (unpaired) electrons. The maximum atomic E-state index is 14.1. The van der Waals surface area contributed by atoms with Crippen LogP contribution >= 0.6 is 11.6 Å². The van der Waals surface area contributed by atoms with E-state index in [0.717, 1.165) is 27.4 Å². The molecule has 0 saturated carbocycles. The van der Waals surface area contributed by atoms with Crippen molar-refractivity contribution in [3.05, 3.63) is 94.5 Å². The quantitative estimate of drug-likeness (QED) is 0.289. The lowest BCUT2D eigenvalue weighted by Gasteiger charge is -2.34. The number of hydrogen-bond acceptors (Lipinski definition) is 4. The molecule has 0 unspecified atom stereocenters. The number of carbonyl (C=O) groups is 2. The summed E-state index contributed by atoms with van der Waals surface area (Å²) in [6.45, 7) is 9.22. The minimum Gasteiger partial charge on any atom is -0.352 e. The molecule has 1 N–H and O–H groups in total. The van der Waals surface area contributed by atoms with Gasteiger partial charge in [-0.05, 0) is 81.1 Å². The van der Waals surface area contributed by atoms with Crippen molar-refractivity contribution < 1.29 is 18.0 Å². The zero-order valence-corrected chi connectivity index (χ0v) is 25.3. The summed E-state index contributed by atoms with van der Waals surface area (Å²) in [5.41, 5.74) is 3.06. The van der Waals surface area contributed by atoms with Crippen molar-refractivity contribution >= 4 is 39.1 Å². The van der Waals surface area contributed by atoms with Crippen LogP contribution in [0.2, 0.25) is 5.02 Å². The minimum atomic E-state index is -4.13. The number of aryl methyl sites for hydroxylation is 2.